The van der Waals surface area contributed by atoms with Gasteiger partial charge in [-0.1, -0.05) is 0 Å². The molecule has 2 fully saturated rings. The third-order valence-corrected chi connectivity index (χ3v) is 4.18. The van der Waals surface area contributed by atoms with E-state index in [0.717, 1.165) is 25.6 Å². The highest BCUT2D eigenvalue weighted by atomic mass is 79.9. The summed E-state index contributed by atoms with van der Waals surface area (Å²) in [6.45, 7) is 1.62. The Kier molecular flexibility index (Phi) is 3.28. The van der Waals surface area contributed by atoms with Crippen LogP contribution in [-0.4, -0.2) is 25.2 Å². The van der Waals surface area contributed by atoms with Crippen molar-refractivity contribution >= 4 is 21.6 Å². The number of halogens is 3. The fourth-order valence-electron chi connectivity index (χ4n) is 2.45. The van der Waals surface area contributed by atoms with Crippen molar-refractivity contribution in [1.82, 2.24) is 5.32 Å². The van der Waals surface area contributed by atoms with Crippen LogP contribution >= 0.6 is 15.9 Å². The Morgan fingerprint density at radius 1 is 1.11 bits per heavy atom. The van der Waals surface area contributed by atoms with Crippen LogP contribution in [0, 0.1) is 11.6 Å². The van der Waals surface area contributed by atoms with Crippen molar-refractivity contribution in [2.75, 3.05) is 18.0 Å². The molecule has 0 amide bonds. The van der Waals surface area contributed by atoms with Crippen LogP contribution in [0.1, 0.15) is 19.3 Å². The largest absolute Gasteiger partial charge is 0.368 e. The standard InChI is InChI=1S/C13H15BrF2N2/c14-10-5-13(12(16)6-11(10)15)18-4-3-9(7-18)17-8-1-2-8/h5-6,8-9,17H,1-4,7H2. The molecule has 0 aromatic heterocycles. The maximum absolute atomic E-state index is 13.8. The summed E-state index contributed by atoms with van der Waals surface area (Å²) in [6, 6.07) is 3.58. The fourth-order valence-corrected chi connectivity index (χ4v) is 2.78. The van der Waals surface area contributed by atoms with Crippen molar-refractivity contribution in [3.05, 3.63) is 28.2 Å². The van der Waals surface area contributed by atoms with Gasteiger partial charge in [-0.2, -0.15) is 0 Å². The normalized spacial score (nSPS) is 23.7. The molecule has 1 aliphatic carbocycles. The first-order chi connectivity index (χ1) is 8.63. The van der Waals surface area contributed by atoms with E-state index in [1.54, 1.807) is 0 Å². The third kappa shape index (κ3) is 2.52. The zero-order valence-corrected chi connectivity index (χ0v) is 11.5. The van der Waals surface area contributed by atoms with Gasteiger partial charge >= 0.3 is 0 Å². The maximum atomic E-state index is 13.8. The van der Waals surface area contributed by atoms with Gasteiger partial charge in [0.1, 0.15) is 11.6 Å². The van der Waals surface area contributed by atoms with Crippen molar-refractivity contribution in [2.45, 2.75) is 31.3 Å². The van der Waals surface area contributed by atoms with Crippen LogP contribution in [0.5, 0.6) is 0 Å². The number of anilines is 1. The van der Waals surface area contributed by atoms with Gasteiger partial charge in [0.2, 0.25) is 0 Å². The molecule has 3 rings (SSSR count). The smallest absolute Gasteiger partial charge is 0.149 e. The number of hydrogen-bond acceptors (Lipinski definition) is 2. The average Bonchev–Trinajstić information content (AvgIpc) is 3.01. The molecule has 1 aromatic rings. The second kappa shape index (κ2) is 4.78. The van der Waals surface area contributed by atoms with Gasteiger partial charge < -0.3 is 10.2 Å². The Morgan fingerprint density at radius 2 is 1.89 bits per heavy atom. The molecular formula is C13H15BrF2N2. The minimum Gasteiger partial charge on any atom is -0.368 e. The second-order valence-electron chi connectivity index (χ2n) is 5.09. The Bertz CT molecular complexity index is 463. The first-order valence-corrected chi connectivity index (χ1v) is 7.08. The van der Waals surface area contributed by atoms with E-state index in [4.69, 9.17) is 0 Å². The molecule has 1 unspecified atom stereocenters. The Balaban J connectivity index is 1.73. The molecule has 2 aliphatic rings. The highest BCUT2D eigenvalue weighted by Gasteiger charge is 2.30. The highest BCUT2D eigenvalue weighted by molar-refractivity contribution is 9.10. The fraction of sp³-hybridized carbons (Fsp3) is 0.538. The van der Waals surface area contributed by atoms with Crippen molar-refractivity contribution < 1.29 is 8.78 Å². The lowest BCUT2D eigenvalue weighted by Gasteiger charge is -2.20. The van der Waals surface area contributed by atoms with Gasteiger partial charge in [-0.3, -0.25) is 0 Å². The molecule has 1 aromatic carbocycles. The zero-order chi connectivity index (χ0) is 12.7. The average molecular weight is 317 g/mol. The van der Waals surface area contributed by atoms with E-state index in [2.05, 4.69) is 21.2 Å². The lowest BCUT2D eigenvalue weighted by molar-refractivity contribution is 0.546. The van der Waals surface area contributed by atoms with E-state index in [0.29, 0.717) is 22.2 Å². The van der Waals surface area contributed by atoms with Gasteiger partial charge in [-0.25, -0.2) is 8.78 Å². The minimum atomic E-state index is -0.553. The summed E-state index contributed by atoms with van der Waals surface area (Å²) in [5.41, 5.74) is 0.489. The molecular weight excluding hydrogens is 302 g/mol. The topological polar surface area (TPSA) is 15.3 Å². The number of rotatable bonds is 3. The van der Waals surface area contributed by atoms with Gasteiger partial charge in [-0.15, -0.1) is 0 Å². The van der Waals surface area contributed by atoms with E-state index in [1.165, 1.54) is 18.9 Å². The van der Waals surface area contributed by atoms with Crippen LogP contribution in [0.15, 0.2) is 16.6 Å². The Labute approximate surface area is 113 Å². The number of benzene rings is 1. The lowest BCUT2D eigenvalue weighted by Crippen LogP contribution is -2.34. The van der Waals surface area contributed by atoms with E-state index in [9.17, 15) is 8.78 Å². The number of nitrogens with zero attached hydrogens (tertiary/aromatic N) is 1. The Hall–Kier alpha value is -0.680. The molecule has 1 N–H and O–H groups in total. The SMILES string of the molecule is Fc1cc(F)c(N2CCC(NC3CC3)C2)cc1Br. The predicted molar refractivity (Wildman–Crippen MR) is 70.8 cm³/mol. The molecule has 1 heterocycles. The van der Waals surface area contributed by atoms with Crippen LogP contribution in [0.25, 0.3) is 0 Å². The highest BCUT2D eigenvalue weighted by Crippen LogP contribution is 2.30. The monoisotopic (exact) mass is 316 g/mol. The molecule has 2 nitrogen and oxygen atoms in total. The van der Waals surface area contributed by atoms with Gasteiger partial charge in [0.05, 0.1) is 10.2 Å². The number of nitrogens with one attached hydrogen (secondary N) is 1. The summed E-state index contributed by atoms with van der Waals surface area (Å²) in [7, 11) is 0. The van der Waals surface area contributed by atoms with E-state index >= 15 is 0 Å². The van der Waals surface area contributed by atoms with Crippen LogP contribution in [0.2, 0.25) is 0 Å². The summed E-state index contributed by atoms with van der Waals surface area (Å²) in [5, 5.41) is 3.55. The first-order valence-electron chi connectivity index (χ1n) is 6.29. The lowest BCUT2D eigenvalue weighted by atomic mass is 10.2. The van der Waals surface area contributed by atoms with Crippen molar-refractivity contribution in [1.29, 1.82) is 0 Å². The third-order valence-electron chi connectivity index (χ3n) is 3.57. The summed E-state index contributed by atoms with van der Waals surface area (Å²) < 4.78 is 27.3. The number of hydrogen-bond donors (Lipinski definition) is 1. The Morgan fingerprint density at radius 3 is 2.61 bits per heavy atom. The van der Waals surface area contributed by atoms with Gasteiger partial charge in [0.15, 0.2) is 0 Å². The summed E-state index contributed by atoms with van der Waals surface area (Å²) in [5.74, 6) is -1.04. The summed E-state index contributed by atoms with van der Waals surface area (Å²) in [4.78, 5) is 1.99. The second-order valence-corrected chi connectivity index (χ2v) is 5.94. The first kappa shape index (κ1) is 12.4. The van der Waals surface area contributed by atoms with Crippen LogP contribution in [-0.2, 0) is 0 Å². The van der Waals surface area contributed by atoms with Crippen LogP contribution in [0.3, 0.4) is 0 Å². The molecule has 1 saturated heterocycles. The van der Waals surface area contributed by atoms with Crippen LogP contribution in [0.4, 0.5) is 14.5 Å². The molecule has 1 atom stereocenters. The van der Waals surface area contributed by atoms with Gasteiger partial charge in [0.25, 0.3) is 0 Å². The van der Waals surface area contributed by atoms with Crippen LogP contribution < -0.4 is 10.2 Å². The van der Waals surface area contributed by atoms with Crippen molar-refractivity contribution in [3.8, 4) is 0 Å². The molecule has 1 saturated carbocycles. The molecule has 18 heavy (non-hydrogen) atoms. The zero-order valence-electron chi connectivity index (χ0n) is 9.93. The summed E-state index contributed by atoms with van der Waals surface area (Å²) in [6.07, 6.45) is 3.53. The molecule has 0 spiro atoms. The maximum Gasteiger partial charge on any atom is 0.149 e. The minimum absolute atomic E-state index is 0.317. The van der Waals surface area contributed by atoms with E-state index < -0.39 is 11.6 Å². The van der Waals surface area contributed by atoms with Crippen molar-refractivity contribution in [2.24, 2.45) is 0 Å². The van der Waals surface area contributed by atoms with E-state index in [1.807, 2.05) is 4.90 Å². The predicted octanol–water partition coefficient (Wildman–Crippen LogP) is 3.06. The van der Waals surface area contributed by atoms with Gasteiger partial charge in [0, 0.05) is 31.2 Å². The van der Waals surface area contributed by atoms with E-state index in [-0.39, 0.29) is 0 Å². The quantitative estimate of drug-likeness (QED) is 0.862. The molecule has 0 radical (unpaired) electrons. The molecule has 5 heteroatoms. The van der Waals surface area contributed by atoms with Crippen molar-refractivity contribution in [3.63, 3.8) is 0 Å². The summed E-state index contributed by atoms with van der Waals surface area (Å²) >= 11 is 3.11. The molecule has 0 bridgehead atoms. The molecule has 98 valence electrons. The molecule has 1 aliphatic heterocycles. The van der Waals surface area contributed by atoms with Gasteiger partial charge in [-0.05, 0) is 41.3 Å².